The molecule has 0 aromatic carbocycles. The third-order valence-electron chi connectivity index (χ3n) is 3.19. The molecular weight excluding hydrogens is 249 g/mol. The maximum absolute atomic E-state index is 11.8. The summed E-state index contributed by atoms with van der Waals surface area (Å²) in [7, 11) is -0.879. The smallest absolute Gasteiger partial charge is 0.426 e. The van der Waals surface area contributed by atoms with Gasteiger partial charge in [-0.05, 0) is 30.7 Å². The summed E-state index contributed by atoms with van der Waals surface area (Å²) in [5.41, 5.74) is 0. The Hall–Kier alpha value is -0.845. The molecule has 1 amide bonds. The van der Waals surface area contributed by atoms with Gasteiger partial charge in [0, 0.05) is 11.0 Å². The second kappa shape index (κ2) is 6.36. The number of carbonyl (C=O) groups excluding carboxylic acids is 1. The van der Waals surface area contributed by atoms with Crippen molar-refractivity contribution in [2.75, 3.05) is 0 Å². The molecule has 0 radical (unpaired) electrons. The highest BCUT2D eigenvalue weighted by molar-refractivity contribution is 7.10. The number of nitrogens with one attached hydrogen (secondary N) is 1. The van der Waals surface area contributed by atoms with Gasteiger partial charge in [0.2, 0.25) is 5.91 Å². The zero-order chi connectivity index (χ0) is 13.0. The fourth-order valence-electron chi connectivity index (χ4n) is 2.14. The first-order chi connectivity index (χ1) is 8.69. The number of amides is 1. The van der Waals surface area contributed by atoms with E-state index in [1.807, 2.05) is 24.4 Å². The zero-order valence-corrected chi connectivity index (χ0v) is 11.3. The topological polar surface area (TPSA) is 58.6 Å². The van der Waals surface area contributed by atoms with E-state index in [1.165, 1.54) is 0 Å². The molecule has 2 N–H and O–H groups in total. The van der Waals surface area contributed by atoms with Gasteiger partial charge in [-0.15, -0.1) is 11.3 Å². The quantitative estimate of drug-likeness (QED) is 0.810. The molecule has 1 fully saturated rings. The van der Waals surface area contributed by atoms with Gasteiger partial charge in [0.25, 0.3) is 0 Å². The number of hydrogen-bond acceptors (Lipinski definition) is 4. The summed E-state index contributed by atoms with van der Waals surface area (Å²) in [5.74, 6) is -0.333. The summed E-state index contributed by atoms with van der Waals surface area (Å²) < 4.78 is 5.43. The first kappa shape index (κ1) is 13.6. The van der Waals surface area contributed by atoms with Gasteiger partial charge in [-0.2, -0.15) is 0 Å². The number of carbonyl (C=O) groups is 1. The van der Waals surface area contributed by atoms with Crippen molar-refractivity contribution in [1.29, 1.82) is 0 Å². The normalized spacial score (nSPS) is 24.0. The van der Waals surface area contributed by atoms with Crippen molar-refractivity contribution >= 4 is 24.4 Å². The van der Waals surface area contributed by atoms with Crippen LogP contribution < -0.4 is 5.32 Å². The van der Waals surface area contributed by atoms with Gasteiger partial charge in [-0.3, -0.25) is 4.79 Å². The van der Waals surface area contributed by atoms with E-state index in [0.29, 0.717) is 6.42 Å². The maximum Gasteiger partial charge on any atom is 0.478 e. The van der Waals surface area contributed by atoms with Crippen LogP contribution in [0, 0.1) is 0 Å². The van der Waals surface area contributed by atoms with E-state index in [1.54, 1.807) is 11.3 Å². The predicted molar refractivity (Wildman–Crippen MR) is 72.3 cm³/mol. The Morgan fingerprint density at radius 3 is 3.11 bits per heavy atom. The van der Waals surface area contributed by atoms with E-state index in [0.717, 1.165) is 24.1 Å². The molecule has 0 bridgehead atoms. The van der Waals surface area contributed by atoms with E-state index >= 15 is 0 Å². The Morgan fingerprint density at radius 1 is 1.67 bits per heavy atom. The lowest BCUT2D eigenvalue weighted by atomic mass is 9.72. The SMILES string of the molecule is CC[C@@H]1CC[C@H](NC(=O)Cc2cccs2)B(O)O1. The molecule has 1 aromatic heterocycles. The molecule has 0 spiro atoms. The number of hydrogen-bond donors (Lipinski definition) is 2. The van der Waals surface area contributed by atoms with Crippen molar-refractivity contribution in [2.24, 2.45) is 0 Å². The van der Waals surface area contributed by atoms with Crippen LogP contribution in [0.15, 0.2) is 17.5 Å². The van der Waals surface area contributed by atoms with Gasteiger partial charge < -0.3 is 15.0 Å². The first-order valence-corrected chi connectivity index (χ1v) is 7.22. The zero-order valence-electron chi connectivity index (χ0n) is 10.5. The van der Waals surface area contributed by atoms with Crippen molar-refractivity contribution in [3.05, 3.63) is 22.4 Å². The van der Waals surface area contributed by atoms with E-state index in [2.05, 4.69) is 5.32 Å². The molecule has 6 heteroatoms. The summed E-state index contributed by atoms with van der Waals surface area (Å²) in [5, 5.41) is 14.6. The summed E-state index contributed by atoms with van der Waals surface area (Å²) in [6, 6.07) is 3.86. The molecule has 1 aliphatic rings. The third kappa shape index (κ3) is 3.57. The molecule has 2 rings (SSSR count). The highest BCUT2D eigenvalue weighted by Crippen LogP contribution is 2.18. The fourth-order valence-corrected chi connectivity index (χ4v) is 2.84. The minimum absolute atomic E-state index is 0.0555. The molecule has 2 atom stereocenters. The summed E-state index contributed by atoms with van der Waals surface area (Å²) in [6.07, 6.45) is 3.05. The Bertz CT molecular complexity index is 385. The van der Waals surface area contributed by atoms with E-state index in [-0.39, 0.29) is 18.0 Å². The lowest BCUT2D eigenvalue weighted by Crippen LogP contribution is -2.52. The van der Waals surface area contributed by atoms with E-state index < -0.39 is 7.12 Å². The van der Waals surface area contributed by atoms with Gasteiger partial charge in [0.1, 0.15) is 0 Å². The number of thiophene rings is 1. The van der Waals surface area contributed by atoms with Gasteiger partial charge in [-0.1, -0.05) is 13.0 Å². The summed E-state index contributed by atoms with van der Waals surface area (Å²) in [6.45, 7) is 2.03. The summed E-state index contributed by atoms with van der Waals surface area (Å²) >= 11 is 1.56. The molecule has 1 aromatic rings. The lowest BCUT2D eigenvalue weighted by Gasteiger charge is -2.31. The van der Waals surface area contributed by atoms with E-state index in [9.17, 15) is 9.82 Å². The standard InChI is InChI=1S/C12H18BNO3S/c1-2-9-5-6-11(13(16)17-9)14-12(15)8-10-4-3-7-18-10/h3-4,7,9,11,16H,2,5-6,8H2,1H3,(H,14,15)/t9-,11+/m1/s1. The van der Waals surface area contributed by atoms with E-state index in [4.69, 9.17) is 4.65 Å². The fraction of sp³-hybridized carbons (Fsp3) is 0.583. The van der Waals surface area contributed by atoms with Crippen molar-refractivity contribution in [3.8, 4) is 0 Å². The second-order valence-electron chi connectivity index (χ2n) is 4.56. The van der Waals surface area contributed by atoms with Crippen LogP contribution >= 0.6 is 11.3 Å². The molecule has 98 valence electrons. The number of rotatable bonds is 4. The van der Waals surface area contributed by atoms with Gasteiger partial charge in [0.05, 0.1) is 12.4 Å². The Labute approximate surface area is 111 Å². The largest absolute Gasteiger partial charge is 0.478 e. The van der Waals surface area contributed by atoms with Crippen molar-refractivity contribution in [1.82, 2.24) is 5.32 Å². The molecule has 0 saturated carbocycles. The molecule has 0 unspecified atom stereocenters. The second-order valence-corrected chi connectivity index (χ2v) is 5.60. The van der Waals surface area contributed by atoms with Gasteiger partial charge >= 0.3 is 7.12 Å². The average molecular weight is 267 g/mol. The lowest BCUT2D eigenvalue weighted by molar-refractivity contribution is -0.121. The Morgan fingerprint density at radius 2 is 2.50 bits per heavy atom. The minimum Gasteiger partial charge on any atom is -0.426 e. The van der Waals surface area contributed by atoms with Crippen LogP contribution in [0.25, 0.3) is 0 Å². The van der Waals surface area contributed by atoms with Crippen LogP contribution in [-0.2, 0) is 15.9 Å². The van der Waals surface area contributed by atoms with Crippen molar-refractivity contribution < 1.29 is 14.5 Å². The van der Waals surface area contributed by atoms with Crippen molar-refractivity contribution in [3.63, 3.8) is 0 Å². The highest BCUT2D eigenvalue weighted by Gasteiger charge is 2.35. The van der Waals surface area contributed by atoms with Crippen molar-refractivity contribution in [2.45, 2.75) is 44.7 Å². The van der Waals surface area contributed by atoms with Crippen LogP contribution in [0.5, 0.6) is 0 Å². The summed E-state index contributed by atoms with van der Waals surface area (Å²) in [4.78, 5) is 12.8. The van der Waals surface area contributed by atoms with Crippen LogP contribution in [0.3, 0.4) is 0 Å². The van der Waals surface area contributed by atoms with Crippen LogP contribution in [-0.4, -0.2) is 30.1 Å². The van der Waals surface area contributed by atoms with Crippen LogP contribution in [0.1, 0.15) is 31.1 Å². The predicted octanol–water partition coefficient (Wildman–Crippen LogP) is 1.38. The maximum atomic E-state index is 11.8. The average Bonchev–Trinajstić information content (AvgIpc) is 2.84. The molecule has 0 aliphatic carbocycles. The van der Waals surface area contributed by atoms with Crippen LogP contribution in [0.2, 0.25) is 0 Å². The molecule has 1 saturated heterocycles. The monoisotopic (exact) mass is 267 g/mol. The third-order valence-corrected chi connectivity index (χ3v) is 4.07. The Balaban J connectivity index is 1.80. The van der Waals surface area contributed by atoms with Gasteiger partial charge in [-0.25, -0.2) is 0 Å². The molecule has 18 heavy (non-hydrogen) atoms. The molecule has 4 nitrogen and oxygen atoms in total. The molecule has 2 heterocycles. The molecular formula is C12H18BNO3S. The Kier molecular flexibility index (Phi) is 4.80. The van der Waals surface area contributed by atoms with Gasteiger partial charge in [0.15, 0.2) is 0 Å². The first-order valence-electron chi connectivity index (χ1n) is 6.34. The minimum atomic E-state index is -0.879. The highest BCUT2D eigenvalue weighted by atomic mass is 32.1. The van der Waals surface area contributed by atoms with Crippen LogP contribution in [0.4, 0.5) is 0 Å². The molecule has 1 aliphatic heterocycles.